The maximum atomic E-state index is 6.16. The van der Waals surface area contributed by atoms with Gasteiger partial charge in [0.2, 0.25) is 0 Å². The van der Waals surface area contributed by atoms with Crippen LogP contribution in [0.25, 0.3) is 0 Å². The fourth-order valence-corrected chi connectivity index (χ4v) is 4.79. The molecule has 0 spiro atoms. The summed E-state index contributed by atoms with van der Waals surface area (Å²) < 4.78 is 0.961. The van der Waals surface area contributed by atoms with E-state index in [0.717, 1.165) is 4.34 Å². The van der Waals surface area contributed by atoms with E-state index in [4.69, 9.17) is 11.6 Å². The van der Waals surface area contributed by atoms with Gasteiger partial charge >= 0.3 is 0 Å². The lowest BCUT2D eigenvalue weighted by molar-refractivity contribution is 0.117. The largest absolute Gasteiger partial charge is 0.309 e. The van der Waals surface area contributed by atoms with Crippen molar-refractivity contribution in [3.8, 4) is 0 Å². The van der Waals surface area contributed by atoms with Gasteiger partial charge in [-0.05, 0) is 55.6 Å². The van der Waals surface area contributed by atoms with Gasteiger partial charge in [0, 0.05) is 17.5 Å². The second-order valence-corrected chi connectivity index (χ2v) is 7.73. The summed E-state index contributed by atoms with van der Waals surface area (Å²) in [5.41, 5.74) is 2.10. The molecular formula is C15H22ClNS. The summed E-state index contributed by atoms with van der Waals surface area (Å²) in [5, 5.41) is 3.83. The highest BCUT2D eigenvalue weighted by atomic mass is 35.5. The van der Waals surface area contributed by atoms with Gasteiger partial charge in [0.1, 0.15) is 0 Å². The van der Waals surface area contributed by atoms with E-state index in [9.17, 15) is 0 Å². The number of fused-ring (bicyclic) bond motifs is 1. The Hall–Kier alpha value is -0.0500. The molecule has 1 aromatic heterocycles. The maximum absolute atomic E-state index is 6.16. The van der Waals surface area contributed by atoms with Crippen LogP contribution in [0.1, 0.15) is 61.9 Å². The van der Waals surface area contributed by atoms with Crippen molar-refractivity contribution in [2.24, 2.45) is 5.41 Å². The van der Waals surface area contributed by atoms with Crippen LogP contribution in [0.15, 0.2) is 6.07 Å². The molecule has 1 heterocycles. The van der Waals surface area contributed by atoms with E-state index < -0.39 is 0 Å². The van der Waals surface area contributed by atoms with Crippen LogP contribution >= 0.6 is 22.9 Å². The Balaban J connectivity index is 1.67. The first kappa shape index (κ1) is 13.0. The molecule has 1 unspecified atom stereocenters. The van der Waals surface area contributed by atoms with Crippen LogP contribution in [0.4, 0.5) is 0 Å². The summed E-state index contributed by atoms with van der Waals surface area (Å²) in [4.78, 5) is 1.52. The molecule has 0 amide bonds. The average Bonchev–Trinajstić information content (AvgIpc) is 2.69. The Morgan fingerprint density at radius 3 is 2.94 bits per heavy atom. The Bertz CT molecular complexity index is 417. The summed E-state index contributed by atoms with van der Waals surface area (Å²) in [6.45, 7) is 3.54. The smallest absolute Gasteiger partial charge is 0.0934 e. The van der Waals surface area contributed by atoms with Gasteiger partial charge in [-0.15, -0.1) is 11.3 Å². The normalized spacial score (nSPS) is 25.6. The van der Waals surface area contributed by atoms with Crippen LogP contribution in [-0.4, -0.2) is 6.54 Å². The second kappa shape index (κ2) is 5.15. The molecule has 1 N–H and O–H groups in total. The van der Waals surface area contributed by atoms with Crippen molar-refractivity contribution in [3.05, 3.63) is 20.8 Å². The van der Waals surface area contributed by atoms with Gasteiger partial charge in [-0.3, -0.25) is 0 Å². The zero-order valence-corrected chi connectivity index (χ0v) is 12.7. The Morgan fingerprint density at radius 2 is 2.28 bits per heavy atom. The molecule has 0 saturated heterocycles. The first-order valence-electron chi connectivity index (χ1n) is 7.24. The van der Waals surface area contributed by atoms with Crippen molar-refractivity contribution in [3.63, 3.8) is 0 Å². The van der Waals surface area contributed by atoms with Gasteiger partial charge in [0.25, 0.3) is 0 Å². The monoisotopic (exact) mass is 283 g/mol. The summed E-state index contributed by atoms with van der Waals surface area (Å²) >= 11 is 7.94. The molecular weight excluding hydrogens is 262 g/mol. The summed E-state index contributed by atoms with van der Waals surface area (Å²) in [7, 11) is 0. The van der Waals surface area contributed by atoms with E-state index in [1.54, 1.807) is 11.3 Å². The van der Waals surface area contributed by atoms with Crippen LogP contribution in [0.3, 0.4) is 0 Å². The van der Waals surface area contributed by atoms with Crippen LogP contribution in [0.5, 0.6) is 0 Å². The fourth-order valence-electron chi connectivity index (χ4n) is 3.41. The minimum absolute atomic E-state index is 0.557. The highest BCUT2D eigenvalue weighted by molar-refractivity contribution is 7.16. The Morgan fingerprint density at radius 1 is 1.44 bits per heavy atom. The molecule has 0 aliphatic heterocycles. The van der Waals surface area contributed by atoms with Crippen molar-refractivity contribution in [2.45, 2.75) is 57.9 Å². The van der Waals surface area contributed by atoms with Gasteiger partial charge in [0.15, 0.2) is 0 Å². The summed E-state index contributed by atoms with van der Waals surface area (Å²) in [5.74, 6) is 0. The van der Waals surface area contributed by atoms with Crippen molar-refractivity contribution >= 4 is 22.9 Å². The van der Waals surface area contributed by atoms with Crippen molar-refractivity contribution in [1.29, 1.82) is 0 Å². The van der Waals surface area contributed by atoms with Gasteiger partial charge in [-0.25, -0.2) is 0 Å². The highest BCUT2D eigenvalue weighted by Crippen LogP contribution is 2.44. The number of halogens is 1. The average molecular weight is 284 g/mol. The quantitative estimate of drug-likeness (QED) is 0.824. The molecule has 0 bridgehead atoms. The summed E-state index contributed by atoms with van der Waals surface area (Å²) in [6.07, 6.45) is 9.39. The van der Waals surface area contributed by atoms with Gasteiger partial charge < -0.3 is 5.32 Å². The Labute approximate surface area is 119 Å². The lowest BCUT2D eigenvalue weighted by Crippen LogP contribution is -2.41. The fraction of sp³-hybridized carbons (Fsp3) is 0.733. The molecule has 1 saturated carbocycles. The number of thiophene rings is 1. The standard InChI is InChI=1S/C15H22ClNS/c1-2-15(7-4-8-15)10-17-12-5-3-6-13-11(12)9-14(16)18-13/h9,12,17H,2-8,10H2,1H3. The van der Waals surface area contributed by atoms with Gasteiger partial charge in [0.05, 0.1) is 4.34 Å². The molecule has 18 heavy (non-hydrogen) atoms. The molecule has 2 aliphatic carbocycles. The molecule has 3 rings (SSSR count). The minimum atomic E-state index is 0.557. The molecule has 3 heteroatoms. The third-order valence-electron chi connectivity index (χ3n) is 4.97. The summed E-state index contributed by atoms with van der Waals surface area (Å²) in [6, 6.07) is 2.75. The number of nitrogens with one attached hydrogen (secondary N) is 1. The first-order valence-corrected chi connectivity index (χ1v) is 8.43. The van der Waals surface area contributed by atoms with Crippen molar-refractivity contribution in [2.75, 3.05) is 6.54 Å². The molecule has 1 fully saturated rings. The maximum Gasteiger partial charge on any atom is 0.0934 e. The molecule has 1 nitrogen and oxygen atoms in total. The van der Waals surface area contributed by atoms with Gasteiger partial charge in [-0.2, -0.15) is 0 Å². The molecule has 2 aliphatic rings. The van der Waals surface area contributed by atoms with Crippen molar-refractivity contribution in [1.82, 2.24) is 5.32 Å². The first-order chi connectivity index (χ1) is 8.72. The van der Waals surface area contributed by atoms with E-state index in [1.165, 1.54) is 61.9 Å². The molecule has 0 radical (unpaired) electrons. The van der Waals surface area contributed by atoms with Crippen LogP contribution in [-0.2, 0) is 6.42 Å². The van der Waals surface area contributed by atoms with Gasteiger partial charge in [-0.1, -0.05) is 24.9 Å². The van der Waals surface area contributed by atoms with Crippen molar-refractivity contribution < 1.29 is 0 Å². The number of rotatable bonds is 4. The molecule has 100 valence electrons. The Kier molecular flexibility index (Phi) is 3.70. The number of hydrogen-bond donors (Lipinski definition) is 1. The van der Waals surface area contributed by atoms with Crippen LogP contribution in [0.2, 0.25) is 4.34 Å². The minimum Gasteiger partial charge on any atom is -0.309 e. The van der Waals surface area contributed by atoms with Crippen LogP contribution in [0, 0.1) is 5.41 Å². The lowest BCUT2D eigenvalue weighted by Gasteiger charge is -2.43. The zero-order chi connectivity index (χ0) is 12.6. The molecule has 0 aromatic carbocycles. The van der Waals surface area contributed by atoms with E-state index in [0.29, 0.717) is 11.5 Å². The SMILES string of the molecule is CCC1(CNC2CCCc3sc(Cl)cc32)CCC1. The predicted molar refractivity (Wildman–Crippen MR) is 79.6 cm³/mol. The lowest BCUT2D eigenvalue weighted by atomic mass is 9.67. The highest BCUT2D eigenvalue weighted by Gasteiger charge is 2.35. The van der Waals surface area contributed by atoms with E-state index in [-0.39, 0.29) is 0 Å². The van der Waals surface area contributed by atoms with E-state index in [2.05, 4.69) is 18.3 Å². The van der Waals surface area contributed by atoms with E-state index in [1.807, 2.05) is 0 Å². The van der Waals surface area contributed by atoms with Crippen LogP contribution < -0.4 is 5.32 Å². The second-order valence-electron chi connectivity index (χ2n) is 5.96. The van der Waals surface area contributed by atoms with E-state index >= 15 is 0 Å². The zero-order valence-electron chi connectivity index (χ0n) is 11.1. The molecule has 1 atom stereocenters. The molecule has 1 aromatic rings. The topological polar surface area (TPSA) is 12.0 Å². The third kappa shape index (κ3) is 2.35. The predicted octanol–water partition coefficient (Wildman–Crippen LogP) is 4.95. The number of aryl methyl sites for hydroxylation is 1. The number of hydrogen-bond acceptors (Lipinski definition) is 2. The third-order valence-corrected chi connectivity index (χ3v) is 6.31.